The topological polar surface area (TPSA) is 111 Å². The first kappa shape index (κ1) is 21.2. The molecule has 29 heavy (non-hydrogen) atoms. The number of benzene rings is 1. The zero-order valence-electron chi connectivity index (χ0n) is 16.2. The minimum Gasteiger partial charge on any atom is -0.461 e. The summed E-state index contributed by atoms with van der Waals surface area (Å²) in [5.74, 6) is 0.0447. The van der Waals surface area contributed by atoms with Crippen LogP contribution < -0.4 is 5.32 Å². The predicted octanol–water partition coefficient (Wildman–Crippen LogP) is 1.33. The average molecular weight is 420 g/mol. The number of esters is 1. The summed E-state index contributed by atoms with van der Waals surface area (Å²) < 4.78 is 36.8. The highest BCUT2D eigenvalue weighted by atomic mass is 32.2. The molecule has 2 aromatic rings. The van der Waals surface area contributed by atoms with Gasteiger partial charge in [-0.25, -0.2) is 13.2 Å². The van der Waals surface area contributed by atoms with Crippen LogP contribution in [0, 0.1) is 0 Å². The lowest BCUT2D eigenvalue weighted by molar-refractivity contribution is 0.0518. The zero-order valence-corrected chi connectivity index (χ0v) is 17.0. The van der Waals surface area contributed by atoms with Gasteiger partial charge < -0.3 is 14.8 Å². The van der Waals surface area contributed by atoms with Crippen LogP contribution >= 0.6 is 0 Å². The first-order valence-electron chi connectivity index (χ1n) is 9.42. The molecule has 0 amide bonds. The minimum atomic E-state index is -3.48. The molecule has 10 heteroatoms. The van der Waals surface area contributed by atoms with Crippen molar-refractivity contribution in [3.05, 3.63) is 47.7 Å². The molecule has 1 aliphatic heterocycles. The monoisotopic (exact) mass is 420 g/mol. The van der Waals surface area contributed by atoms with Crippen molar-refractivity contribution in [1.82, 2.24) is 14.5 Å². The number of carbonyl (C=O) groups is 1. The van der Waals surface area contributed by atoms with Crippen LogP contribution in [-0.2, 0) is 25.9 Å². The number of nitrogens with zero attached hydrogens (tertiary/aromatic N) is 3. The standard InChI is InChI=1S/C19H24N4O5S/c1-2-28-19(24)17-7-8-18(22-21-17)20-10-9-15-3-5-16(6-4-15)29(25,26)23-11-13-27-14-12-23/h3-8H,2,9-14H2,1H3,(H,20,22). The van der Waals surface area contributed by atoms with Gasteiger partial charge >= 0.3 is 5.97 Å². The normalized spacial score (nSPS) is 15.1. The number of nitrogens with one attached hydrogen (secondary N) is 1. The second kappa shape index (κ2) is 9.77. The SMILES string of the molecule is CCOC(=O)c1ccc(NCCc2ccc(S(=O)(=O)N3CCOCC3)cc2)nn1. The van der Waals surface area contributed by atoms with Gasteiger partial charge in [0.25, 0.3) is 0 Å². The van der Waals surface area contributed by atoms with Crippen molar-refractivity contribution in [1.29, 1.82) is 0 Å². The van der Waals surface area contributed by atoms with Crippen LogP contribution in [0.1, 0.15) is 23.0 Å². The first-order chi connectivity index (χ1) is 14.0. The highest BCUT2D eigenvalue weighted by Gasteiger charge is 2.26. The van der Waals surface area contributed by atoms with Crippen LogP contribution in [0.15, 0.2) is 41.3 Å². The summed E-state index contributed by atoms with van der Waals surface area (Å²) >= 11 is 0. The number of aromatic nitrogens is 2. The molecule has 1 aliphatic rings. The fraction of sp³-hybridized carbons (Fsp3) is 0.421. The molecule has 9 nitrogen and oxygen atoms in total. The number of ether oxygens (including phenoxy) is 2. The third kappa shape index (κ3) is 5.49. The molecular weight excluding hydrogens is 396 g/mol. The van der Waals surface area contributed by atoms with Crippen LogP contribution in [-0.4, -0.2) is 68.3 Å². The van der Waals surface area contributed by atoms with E-state index in [0.717, 1.165) is 5.56 Å². The van der Waals surface area contributed by atoms with E-state index in [-0.39, 0.29) is 17.2 Å². The van der Waals surface area contributed by atoms with Gasteiger partial charge in [-0.15, -0.1) is 10.2 Å². The van der Waals surface area contributed by atoms with E-state index in [9.17, 15) is 13.2 Å². The number of anilines is 1. The smallest absolute Gasteiger partial charge is 0.358 e. The Kier molecular flexibility index (Phi) is 7.13. The number of sulfonamides is 1. The molecule has 0 saturated carbocycles. The van der Waals surface area contributed by atoms with Gasteiger partial charge in [-0.2, -0.15) is 4.31 Å². The Morgan fingerprint density at radius 1 is 1.14 bits per heavy atom. The summed E-state index contributed by atoms with van der Waals surface area (Å²) in [5.41, 5.74) is 1.16. The van der Waals surface area contributed by atoms with Crippen molar-refractivity contribution in [3.8, 4) is 0 Å². The van der Waals surface area contributed by atoms with Crippen LogP contribution in [0.25, 0.3) is 0 Å². The Bertz CT molecular complexity index is 911. The quantitative estimate of drug-likeness (QED) is 0.637. The maximum absolute atomic E-state index is 12.6. The molecule has 0 bridgehead atoms. The van der Waals surface area contributed by atoms with Crippen molar-refractivity contribution in [2.45, 2.75) is 18.2 Å². The molecule has 1 aromatic carbocycles. The summed E-state index contributed by atoms with van der Waals surface area (Å²) in [5, 5.41) is 10.9. The van der Waals surface area contributed by atoms with E-state index >= 15 is 0 Å². The number of hydrogen-bond donors (Lipinski definition) is 1. The number of carbonyl (C=O) groups excluding carboxylic acids is 1. The lowest BCUT2D eigenvalue weighted by Crippen LogP contribution is -2.40. The van der Waals surface area contributed by atoms with E-state index in [0.29, 0.717) is 45.1 Å². The van der Waals surface area contributed by atoms with Crippen molar-refractivity contribution in [2.24, 2.45) is 0 Å². The van der Waals surface area contributed by atoms with E-state index in [4.69, 9.17) is 9.47 Å². The van der Waals surface area contributed by atoms with Gasteiger partial charge in [-0.1, -0.05) is 12.1 Å². The molecule has 2 heterocycles. The molecule has 1 fully saturated rings. The molecule has 1 saturated heterocycles. The Morgan fingerprint density at radius 2 is 1.86 bits per heavy atom. The van der Waals surface area contributed by atoms with Crippen LogP contribution in [0.4, 0.5) is 5.82 Å². The lowest BCUT2D eigenvalue weighted by Gasteiger charge is -2.26. The van der Waals surface area contributed by atoms with Crippen LogP contribution in [0.2, 0.25) is 0 Å². The van der Waals surface area contributed by atoms with Crippen molar-refractivity contribution in [3.63, 3.8) is 0 Å². The molecule has 156 valence electrons. The Balaban J connectivity index is 1.52. The van der Waals surface area contributed by atoms with Gasteiger partial charge in [-0.05, 0) is 43.2 Å². The fourth-order valence-electron chi connectivity index (χ4n) is 2.84. The molecule has 3 rings (SSSR count). The van der Waals surface area contributed by atoms with E-state index < -0.39 is 16.0 Å². The van der Waals surface area contributed by atoms with E-state index in [1.165, 1.54) is 4.31 Å². The highest BCUT2D eigenvalue weighted by Crippen LogP contribution is 2.18. The second-order valence-corrected chi connectivity index (χ2v) is 8.30. The summed E-state index contributed by atoms with van der Waals surface area (Å²) in [4.78, 5) is 11.8. The molecule has 0 unspecified atom stereocenters. The third-order valence-electron chi connectivity index (χ3n) is 4.40. The average Bonchev–Trinajstić information content (AvgIpc) is 2.75. The summed E-state index contributed by atoms with van der Waals surface area (Å²) in [6, 6.07) is 10.1. The zero-order chi connectivity index (χ0) is 20.7. The molecular formula is C19H24N4O5S. The number of hydrogen-bond acceptors (Lipinski definition) is 8. The largest absolute Gasteiger partial charge is 0.461 e. The first-order valence-corrected chi connectivity index (χ1v) is 10.9. The molecule has 0 spiro atoms. The molecule has 0 radical (unpaired) electrons. The van der Waals surface area contributed by atoms with Gasteiger partial charge in [0.1, 0.15) is 5.82 Å². The molecule has 0 aliphatic carbocycles. The summed E-state index contributed by atoms with van der Waals surface area (Å²) in [6.45, 7) is 4.20. The van der Waals surface area contributed by atoms with Gasteiger partial charge in [-0.3, -0.25) is 0 Å². The minimum absolute atomic E-state index is 0.162. The maximum atomic E-state index is 12.6. The summed E-state index contributed by atoms with van der Waals surface area (Å²) in [6.07, 6.45) is 0.680. The van der Waals surface area contributed by atoms with Crippen molar-refractivity contribution < 1.29 is 22.7 Å². The third-order valence-corrected chi connectivity index (χ3v) is 6.31. The molecule has 1 aromatic heterocycles. The summed E-state index contributed by atoms with van der Waals surface area (Å²) in [7, 11) is -3.48. The maximum Gasteiger partial charge on any atom is 0.358 e. The van der Waals surface area contributed by atoms with E-state index in [2.05, 4.69) is 15.5 Å². The second-order valence-electron chi connectivity index (χ2n) is 6.36. The molecule has 1 N–H and O–H groups in total. The number of rotatable bonds is 8. The van der Waals surface area contributed by atoms with Crippen molar-refractivity contribution >= 4 is 21.8 Å². The van der Waals surface area contributed by atoms with Gasteiger partial charge in [0.15, 0.2) is 5.69 Å². The fourth-order valence-corrected chi connectivity index (χ4v) is 4.25. The van der Waals surface area contributed by atoms with Crippen molar-refractivity contribution in [2.75, 3.05) is 44.8 Å². The Morgan fingerprint density at radius 3 is 2.48 bits per heavy atom. The van der Waals surface area contributed by atoms with E-state index in [1.807, 2.05) is 12.1 Å². The van der Waals surface area contributed by atoms with Crippen LogP contribution in [0.3, 0.4) is 0 Å². The molecule has 0 atom stereocenters. The van der Waals surface area contributed by atoms with Crippen LogP contribution in [0.5, 0.6) is 0 Å². The lowest BCUT2D eigenvalue weighted by atomic mass is 10.1. The van der Waals surface area contributed by atoms with Gasteiger partial charge in [0, 0.05) is 19.6 Å². The Hall–Kier alpha value is -2.56. The van der Waals surface area contributed by atoms with Gasteiger partial charge in [0.2, 0.25) is 10.0 Å². The highest BCUT2D eigenvalue weighted by molar-refractivity contribution is 7.89. The number of morpholine rings is 1. The van der Waals surface area contributed by atoms with Gasteiger partial charge in [0.05, 0.1) is 24.7 Å². The van der Waals surface area contributed by atoms with E-state index in [1.54, 1.807) is 31.2 Å². The predicted molar refractivity (Wildman–Crippen MR) is 106 cm³/mol. The Labute approximate surface area is 170 Å².